The van der Waals surface area contributed by atoms with Crippen molar-refractivity contribution in [3.05, 3.63) is 60.1 Å². The highest BCUT2D eigenvalue weighted by Gasteiger charge is 2.03. The average molecular weight is 201 g/mol. The van der Waals surface area contributed by atoms with Gasteiger partial charge in [0.25, 0.3) is 0 Å². The van der Waals surface area contributed by atoms with Crippen LogP contribution in [0.2, 0.25) is 0 Å². The minimum absolute atomic E-state index is 0.362. The molecule has 1 N–H and O–H groups in total. The minimum atomic E-state index is 0.362. The predicted octanol–water partition coefficient (Wildman–Crippen LogP) is 3.13. The third-order valence-corrected chi connectivity index (χ3v) is 2.49. The lowest BCUT2D eigenvalue weighted by atomic mass is 10.1. The van der Waals surface area contributed by atoms with Gasteiger partial charge in [-0.25, -0.2) is 0 Å². The summed E-state index contributed by atoms with van der Waals surface area (Å²) in [5, 5.41) is 3.44. The van der Waals surface area contributed by atoms with E-state index in [0.29, 0.717) is 6.04 Å². The number of furan rings is 1. The molecule has 2 heteroatoms. The van der Waals surface area contributed by atoms with Gasteiger partial charge < -0.3 is 9.73 Å². The molecule has 0 unspecified atom stereocenters. The Bertz CT molecular complexity index is 380. The van der Waals surface area contributed by atoms with Crippen LogP contribution in [0.4, 0.5) is 0 Å². The zero-order valence-corrected chi connectivity index (χ0v) is 8.81. The molecule has 0 amide bonds. The van der Waals surface area contributed by atoms with Crippen LogP contribution < -0.4 is 5.32 Å². The largest absolute Gasteiger partial charge is 0.472 e. The Morgan fingerprint density at radius 3 is 2.67 bits per heavy atom. The van der Waals surface area contributed by atoms with Crippen LogP contribution in [-0.4, -0.2) is 0 Å². The fourth-order valence-corrected chi connectivity index (χ4v) is 1.52. The van der Waals surface area contributed by atoms with Crippen molar-refractivity contribution in [3.8, 4) is 0 Å². The Balaban J connectivity index is 1.90. The Hall–Kier alpha value is -1.54. The first-order chi connectivity index (χ1) is 7.36. The first-order valence-corrected chi connectivity index (χ1v) is 5.15. The highest BCUT2D eigenvalue weighted by molar-refractivity contribution is 5.18. The van der Waals surface area contributed by atoms with Gasteiger partial charge in [0.05, 0.1) is 12.5 Å². The minimum Gasteiger partial charge on any atom is -0.472 e. The molecule has 1 heterocycles. The highest BCUT2D eigenvalue weighted by Crippen LogP contribution is 2.12. The van der Waals surface area contributed by atoms with E-state index in [9.17, 15) is 0 Å². The summed E-state index contributed by atoms with van der Waals surface area (Å²) in [5.41, 5.74) is 2.48. The summed E-state index contributed by atoms with van der Waals surface area (Å²) >= 11 is 0. The number of hydrogen-bond acceptors (Lipinski definition) is 2. The topological polar surface area (TPSA) is 25.2 Å². The lowest BCUT2D eigenvalue weighted by molar-refractivity contribution is 0.547. The van der Waals surface area contributed by atoms with Gasteiger partial charge in [0.1, 0.15) is 0 Å². The third kappa shape index (κ3) is 2.70. The Labute approximate surface area is 89.9 Å². The van der Waals surface area contributed by atoms with Crippen molar-refractivity contribution in [2.75, 3.05) is 0 Å². The maximum absolute atomic E-state index is 5.01. The van der Waals surface area contributed by atoms with E-state index in [1.807, 2.05) is 12.1 Å². The van der Waals surface area contributed by atoms with Gasteiger partial charge in [0.2, 0.25) is 0 Å². The van der Waals surface area contributed by atoms with Crippen LogP contribution >= 0.6 is 0 Å². The molecule has 2 rings (SSSR count). The molecular weight excluding hydrogens is 186 g/mol. The zero-order valence-electron chi connectivity index (χ0n) is 8.81. The van der Waals surface area contributed by atoms with Crippen LogP contribution in [0, 0.1) is 0 Å². The lowest BCUT2D eigenvalue weighted by Crippen LogP contribution is -2.17. The molecule has 0 aliphatic heterocycles. The molecule has 0 radical (unpaired) electrons. The molecule has 2 nitrogen and oxygen atoms in total. The lowest BCUT2D eigenvalue weighted by Gasteiger charge is -2.13. The van der Waals surface area contributed by atoms with E-state index < -0.39 is 0 Å². The molecule has 78 valence electrons. The summed E-state index contributed by atoms with van der Waals surface area (Å²) in [6, 6.07) is 12.8. The van der Waals surface area contributed by atoms with Gasteiger partial charge in [-0.05, 0) is 18.6 Å². The fraction of sp³-hybridized carbons (Fsp3) is 0.231. The van der Waals surface area contributed by atoms with Gasteiger partial charge in [-0.15, -0.1) is 0 Å². The van der Waals surface area contributed by atoms with E-state index in [-0.39, 0.29) is 0 Å². The molecule has 0 fully saturated rings. The van der Waals surface area contributed by atoms with Crippen LogP contribution in [0.15, 0.2) is 53.3 Å². The zero-order chi connectivity index (χ0) is 10.5. The molecule has 1 aromatic carbocycles. The van der Waals surface area contributed by atoms with Crippen LogP contribution in [-0.2, 0) is 6.54 Å². The smallest absolute Gasteiger partial charge is 0.0947 e. The van der Waals surface area contributed by atoms with Crippen molar-refractivity contribution >= 4 is 0 Å². The normalized spacial score (nSPS) is 12.6. The third-order valence-electron chi connectivity index (χ3n) is 2.49. The molecule has 1 aromatic heterocycles. The van der Waals surface area contributed by atoms with E-state index in [4.69, 9.17) is 4.42 Å². The van der Waals surface area contributed by atoms with E-state index in [1.54, 1.807) is 12.5 Å². The number of hydrogen-bond donors (Lipinski definition) is 1. The van der Waals surface area contributed by atoms with Crippen LogP contribution in [0.3, 0.4) is 0 Å². The summed E-state index contributed by atoms with van der Waals surface area (Å²) in [6.45, 7) is 3.00. The summed E-state index contributed by atoms with van der Waals surface area (Å²) in [5.74, 6) is 0. The van der Waals surface area contributed by atoms with Crippen LogP contribution in [0.1, 0.15) is 24.1 Å². The molecule has 0 aliphatic rings. The summed E-state index contributed by atoms with van der Waals surface area (Å²) in [6.07, 6.45) is 3.47. The molecular formula is C13H15NO. The van der Waals surface area contributed by atoms with Crippen molar-refractivity contribution in [2.24, 2.45) is 0 Å². The molecule has 0 aliphatic carbocycles. The summed E-state index contributed by atoms with van der Waals surface area (Å²) < 4.78 is 5.01. The average Bonchev–Trinajstić information content (AvgIpc) is 2.80. The molecule has 0 spiro atoms. The number of nitrogens with one attached hydrogen (secondary N) is 1. The van der Waals surface area contributed by atoms with Crippen molar-refractivity contribution < 1.29 is 4.42 Å². The monoisotopic (exact) mass is 201 g/mol. The maximum Gasteiger partial charge on any atom is 0.0947 e. The van der Waals surface area contributed by atoms with E-state index in [2.05, 4.69) is 36.5 Å². The molecule has 0 saturated carbocycles. The predicted molar refractivity (Wildman–Crippen MR) is 60.4 cm³/mol. The summed E-state index contributed by atoms with van der Waals surface area (Å²) in [4.78, 5) is 0. The van der Waals surface area contributed by atoms with E-state index >= 15 is 0 Å². The quantitative estimate of drug-likeness (QED) is 0.822. The van der Waals surface area contributed by atoms with Crippen molar-refractivity contribution in [1.29, 1.82) is 0 Å². The van der Waals surface area contributed by atoms with Gasteiger partial charge in [0.15, 0.2) is 0 Å². The SMILES string of the molecule is C[C@@H](NCc1ccoc1)c1ccccc1. The first-order valence-electron chi connectivity index (χ1n) is 5.15. The molecule has 0 bridgehead atoms. The van der Waals surface area contributed by atoms with Crippen molar-refractivity contribution in [3.63, 3.8) is 0 Å². The Morgan fingerprint density at radius 2 is 2.00 bits per heavy atom. The second-order valence-electron chi connectivity index (χ2n) is 3.64. The van der Waals surface area contributed by atoms with Crippen molar-refractivity contribution in [2.45, 2.75) is 19.5 Å². The Morgan fingerprint density at radius 1 is 1.20 bits per heavy atom. The second kappa shape index (κ2) is 4.80. The molecule has 1 atom stereocenters. The molecule has 15 heavy (non-hydrogen) atoms. The van der Waals surface area contributed by atoms with Crippen molar-refractivity contribution in [1.82, 2.24) is 5.32 Å². The van der Waals surface area contributed by atoms with Crippen LogP contribution in [0.25, 0.3) is 0 Å². The van der Waals surface area contributed by atoms with Gasteiger partial charge in [-0.3, -0.25) is 0 Å². The maximum atomic E-state index is 5.01. The second-order valence-corrected chi connectivity index (χ2v) is 3.64. The van der Waals surface area contributed by atoms with Gasteiger partial charge in [-0.1, -0.05) is 30.3 Å². The fourth-order valence-electron chi connectivity index (χ4n) is 1.52. The highest BCUT2D eigenvalue weighted by atomic mass is 16.3. The number of benzene rings is 1. The molecule has 0 saturated heterocycles. The van der Waals surface area contributed by atoms with Gasteiger partial charge in [0, 0.05) is 18.2 Å². The molecule has 2 aromatic rings. The first kappa shape index (κ1) is 9.99. The number of rotatable bonds is 4. The van der Waals surface area contributed by atoms with E-state index in [0.717, 1.165) is 6.54 Å². The van der Waals surface area contributed by atoms with Gasteiger partial charge in [-0.2, -0.15) is 0 Å². The Kier molecular flexibility index (Phi) is 3.20. The van der Waals surface area contributed by atoms with Crippen LogP contribution in [0.5, 0.6) is 0 Å². The summed E-state index contributed by atoms with van der Waals surface area (Å²) in [7, 11) is 0. The standard InChI is InChI=1S/C13H15NO/c1-11(13-5-3-2-4-6-13)14-9-12-7-8-15-10-12/h2-8,10-11,14H,9H2,1H3/t11-/m1/s1. The van der Waals surface area contributed by atoms with E-state index in [1.165, 1.54) is 11.1 Å². The van der Waals surface area contributed by atoms with Gasteiger partial charge >= 0.3 is 0 Å².